The van der Waals surface area contributed by atoms with Gasteiger partial charge >= 0.3 is 6.03 Å². The van der Waals surface area contributed by atoms with E-state index in [0.717, 1.165) is 30.6 Å². The standard InChI is InChI=1S/C19H24N4O3/c1-3-4-5-6-10-19(2)17(25)23(18(26)22-19)13-16(24)21-15-9-7-8-14(11-15)12-20/h7-9,11H,3-6,10,13H2,1-2H3,(H,21,24)(H,22,26)/t19-/m1/s1. The first-order valence-electron chi connectivity index (χ1n) is 8.84. The van der Waals surface area contributed by atoms with Gasteiger partial charge in [-0.05, 0) is 31.5 Å². The van der Waals surface area contributed by atoms with E-state index >= 15 is 0 Å². The molecule has 7 heteroatoms. The minimum Gasteiger partial charge on any atom is -0.324 e. The Hall–Kier alpha value is -2.88. The summed E-state index contributed by atoms with van der Waals surface area (Å²) in [4.78, 5) is 37.9. The van der Waals surface area contributed by atoms with Crippen LogP contribution in [0.4, 0.5) is 10.5 Å². The number of anilines is 1. The SMILES string of the molecule is CCCCCC[C@@]1(C)NC(=O)N(CC(=O)Nc2cccc(C#N)c2)C1=O. The van der Waals surface area contributed by atoms with Crippen molar-refractivity contribution in [3.63, 3.8) is 0 Å². The molecule has 0 unspecified atom stereocenters. The van der Waals surface area contributed by atoms with Crippen LogP contribution in [0.25, 0.3) is 0 Å². The molecule has 2 N–H and O–H groups in total. The van der Waals surface area contributed by atoms with Gasteiger partial charge in [0.1, 0.15) is 12.1 Å². The molecule has 0 radical (unpaired) electrons. The van der Waals surface area contributed by atoms with Gasteiger partial charge in [-0.1, -0.05) is 38.7 Å². The molecule has 1 aromatic rings. The lowest BCUT2D eigenvalue weighted by molar-refractivity contribution is -0.133. The normalized spacial score (nSPS) is 19.2. The number of carbonyl (C=O) groups excluding carboxylic acids is 3. The Labute approximate surface area is 153 Å². The van der Waals surface area contributed by atoms with Crippen LogP contribution >= 0.6 is 0 Å². The molecular weight excluding hydrogens is 332 g/mol. The number of hydrogen-bond donors (Lipinski definition) is 2. The van der Waals surface area contributed by atoms with Crippen molar-refractivity contribution >= 4 is 23.5 Å². The van der Waals surface area contributed by atoms with Crippen LogP contribution in [0.1, 0.15) is 51.5 Å². The second kappa shape index (κ2) is 8.48. The molecule has 2 rings (SSSR count). The number of unbranched alkanes of at least 4 members (excludes halogenated alkanes) is 3. The van der Waals surface area contributed by atoms with Crippen LogP contribution in [0.5, 0.6) is 0 Å². The molecule has 1 heterocycles. The zero-order valence-electron chi connectivity index (χ0n) is 15.2. The monoisotopic (exact) mass is 356 g/mol. The molecule has 4 amide bonds. The molecule has 138 valence electrons. The third kappa shape index (κ3) is 4.60. The minimum atomic E-state index is -0.953. The van der Waals surface area contributed by atoms with Crippen LogP contribution in [0.15, 0.2) is 24.3 Å². The van der Waals surface area contributed by atoms with Gasteiger partial charge in [0.2, 0.25) is 5.91 Å². The van der Waals surface area contributed by atoms with E-state index in [2.05, 4.69) is 17.6 Å². The Balaban J connectivity index is 1.96. The largest absolute Gasteiger partial charge is 0.325 e. The van der Waals surface area contributed by atoms with Crippen molar-refractivity contribution in [3.8, 4) is 6.07 Å². The Morgan fingerprint density at radius 3 is 2.77 bits per heavy atom. The lowest BCUT2D eigenvalue weighted by Gasteiger charge is -2.21. The summed E-state index contributed by atoms with van der Waals surface area (Å²) in [6.07, 6.45) is 4.59. The van der Waals surface area contributed by atoms with Gasteiger partial charge in [-0.15, -0.1) is 0 Å². The van der Waals surface area contributed by atoms with Gasteiger partial charge in [0.05, 0.1) is 11.6 Å². The van der Waals surface area contributed by atoms with Gasteiger partial charge < -0.3 is 10.6 Å². The fourth-order valence-electron chi connectivity index (χ4n) is 2.98. The van der Waals surface area contributed by atoms with Crippen molar-refractivity contribution in [1.82, 2.24) is 10.2 Å². The van der Waals surface area contributed by atoms with Gasteiger partial charge in [-0.3, -0.25) is 14.5 Å². The van der Waals surface area contributed by atoms with Crippen molar-refractivity contribution in [2.75, 3.05) is 11.9 Å². The zero-order valence-corrected chi connectivity index (χ0v) is 15.2. The maximum absolute atomic E-state index is 12.6. The van der Waals surface area contributed by atoms with E-state index in [9.17, 15) is 14.4 Å². The first-order valence-corrected chi connectivity index (χ1v) is 8.84. The van der Waals surface area contributed by atoms with Crippen molar-refractivity contribution in [2.45, 2.75) is 51.5 Å². The Bertz CT molecular complexity index is 741. The zero-order chi connectivity index (χ0) is 19.2. The Morgan fingerprint density at radius 1 is 1.31 bits per heavy atom. The third-order valence-corrected chi connectivity index (χ3v) is 4.45. The van der Waals surface area contributed by atoms with E-state index in [1.165, 1.54) is 6.07 Å². The average molecular weight is 356 g/mol. The van der Waals surface area contributed by atoms with E-state index in [1.54, 1.807) is 25.1 Å². The summed E-state index contributed by atoms with van der Waals surface area (Å²) < 4.78 is 0. The van der Waals surface area contributed by atoms with Crippen LogP contribution in [-0.4, -0.2) is 34.8 Å². The van der Waals surface area contributed by atoms with Crippen LogP contribution in [-0.2, 0) is 9.59 Å². The van der Waals surface area contributed by atoms with E-state index in [0.29, 0.717) is 17.7 Å². The molecule has 0 saturated carbocycles. The van der Waals surface area contributed by atoms with Crippen LogP contribution in [0.2, 0.25) is 0 Å². The highest BCUT2D eigenvalue weighted by Crippen LogP contribution is 2.24. The first kappa shape index (κ1) is 19.4. The lowest BCUT2D eigenvalue weighted by atomic mass is 9.94. The average Bonchev–Trinajstić information content (AvgIpc) is 2.82. The molecule has 1 atom stereocenters. The topological polar surface area (TPSA) is 102 Å². The molecule has 1 aliphatic rings. The maximum Gasteiger partial charge on any atom is 0.325 e. The number of amides is 4. The smallest absolute Gasteiger partial charge is 0.324 e. The number of nitriles is 1. The summed E-state index contributed by atoms with van der Waals surface area (Å²) in [5.41, 5.74) is -0.0906. The first-order chi connectivity index (χ1) is 12.4. The summed E-state index contributed by atoms with van der Waals surface area (Å²) in [5, 5.41) is 14.2. The number of benzene rings is 1. The highest BCUT2D eigenvalue weighted by Gasteiger charge is 2.47. The molecular formula is C19H24N4O3. The molecule has 0 aliphatic carbocycles. The molecule has 1 aliphatic heterocycles. The van der Waals surface area contributed by atoms with E-state index in [4.69, 9.17) is 5.26 Å². The predicted molar refractivity (Wildman–Crippen MR) is 97.2 cm³/mol. The van der Waals surface area contributed by atoms with E-state index in [1.807, 2.05) is 6.07 Å². The number of urea groups is 1. The van der Waals surface area contributed by atoms with Gasteiger partial charge in [0.25, 0.3) is 5.91 Å². The lowest BCUT2D eigenvalue weighted by Crippen LogP contribution is -2.44. The highest BCUT2D eigenvalue weighted by atomic mass is 16.2. The quantitative estimate of drug-likeness (QED) is 0.552. The van der Waals surface area contributed by atoms with Gasteiger partial charge in [-0.25, -0.2) is 4.79 Å². The van der Waals surface area contributed by atoms with Crippen molar-refractivity contribution in [1.29, 1.82) is 5.26 Å². The predicted octanol–water partition coefficient (Wildman–Crippen LogP) is 2.78. The molecule has 1 aromatic carbocycles. The number of rotatable bonds is 8. The fraction of sp³-hybridized carbons (Fsp3) is 0.474. The molecule has 1 saturated heterocycles. The molecule has 0 spiro atoms. The molecule has 1 fully saturated rings. The summed E-state index contributed by atoms with van der Waals surface area (Å²) in [7, 11) is 0. The van der Waals surface area contributed by atoms with Crippen LogP contribution in [0, 0.1) is 11.3 Å². The van der Waals surface area contributed by atoms with Gasteiger partial charge in [-0.2, -0.15) is 5.26 Å². The molecule has 0 aromatic heterocycles. The highest BCUT2D eigenvalue weighted by molar-refractivity contribution is 6.09. The fourth-order valence-corrected chi connectivity index (χ4v) is 2.98. The number of nitrogens with zero attached hydrogens (tertiary/aromatic N) is 2. The molecule has 7 nitrogen and oxygen atoms in total. The summed E-state index contributed by atoms with van der Waals surface area (Å²) in [6.45, 7) is 3.45. The number of carbonyl (C=O) groups is 3. The Kier molecular flexibility index (Phi) is 6.34. The maximum atomic E-state index is 12.6. The number of hydrogen-bond acceptors (Lipinski definition) is 4. The van der Waals surface area contributed by atoms with Crippen molar-refractivity contribution in [2.24, 2.45) is 0 Å². The summed E-state index contributed by atoms with van der Waals surface area (Å²) in [5.74, 6) is -0.862. The minimum absolute atomic E-state index is 0.355. The number of nitrogens with one attached hydrogen (secondary N) is 2. The molecule has 26 heavy (non-hydrogen) atoms. The van der Waals surface area contributed by atoms with Gasteiger partial charge in [0.15, 0.2) is 0 Å². The van der Waals surface area contributed by atoms with Crippen molar-refractivity contribution in [3.05, 3.63) is 29.8 Å². The second-order valence-electron chi connectivity index (χ2n) is 6.71. The number of imide groups is 1. The summed E-state index contributed by atoms with van der Waals surface area (Å²) >= 11 is 0. The summed E-state index contributed by atoms with van der Waals surface area (Å²) in [6, 6.07) is 7.88. The van der Waals surface area contributed by atoms with E-state index in [-0.39, 0.29) is 12.5 Å². The third-order valence-electron chi connectivity index (χ3n) is 4.45. The van der Waals surface area contributed by atoms with E-state index < -0.39 is 17.5 Å². The second-order valence-corrected chi connectivity index (χ2v) is 6.71. The molecule has 0 bridgehead atoms. The van der Waals surface area contributed by atoms with Crippen LogP contribution < -0.4 is 10.6 Å². The van der Waals surface area contributed by atoms with Crippen LogP contribution in [0.3, 0.4) is 0 Å². The Morgan fingerprint density at radius 2 is 2.08 bits per heavy atom. The van der Waals surface area contributed by atoms with Gasteiger partial charge in [0, 0.05) is 5.69 Å². The van der Waals surface area contributed by atoms with Crippen molar-refractivity contribution < 1.29 is 14.4 Å².